The number of thioether (sulfide) groups is 1. The maximum absolute atomic E-state index is 13.4. The number of amides is 1. The number of β-lactam (4-membered cyclic amide) rings is 1. The molecule has 0 radical (unpaired) electrons. The molecule has 8 heteroatoms. The Kier molecular flexibility index (Phi) is 6.43. The van der Waals surface area contributed by atoms with Crippen LogP contribution in [-0.2, 0) is 23.9 Å². The SMILES string of the molecule is CC(=O)OC=CC1=C(C(=O)OC(c2ccccc2)c2ccccc2)N2C(=O)C(N)C2SC1. The van der Waals surface area contributed by atoms with Crippen molar-refractivity contribution in [3.63, 3.8) is 0 Å². The number of nitrogens with zero attached hydrogens (tertiary/aromatic N) is 1. The topological polar surface area (TPSA) is 98.9 Å². The molecule has 2 unspecified atom stereocenters. The lowest BCUT2D eigenvalue weighted by molar-refractivity contribution is -0.153. The van der Waals surface area contributed by atoms with Crippen LogP contribution in [0.15, 0.2) is 84.3 Å². The van der Waals surface area contributed by atoms with Crippen molar-refractivity contribution in [2.45, 2.75) is 24.4 Å². The van der Waals surface area contributed by atoms with E-state index in [1.807, 2.05) is 60.7 Å². The molecular weight excluding hydrogens is 428 g/mol. The fourth-order valence-electron chi connectivity index (χ4n) is 3.62. The van der Waals surface area contributed by atoms with Crippen LogP contribution in [0, 0.1) is 0 Å². The molecule has 2 aliphatic heterocycles. The number of nitrogens with two attached hydrogens (primary N) is 1. The average Bonchev–Trinajstić information content (AvgIpc) is 2.82. The monoisotopic (exact) mass is 450 g/mol. The number of esters is 2. The van der Waals surface area contributed by atoms with Gasteiger partial charge in [-0.3, -0.25) is 14.5 Å². The summed E-state index contributed by atoms with van der Waals surface area (Å²) in [5, 5.41) is -0.331. The van der Waals surface area contributed by atoms with E-state index in [0.29, 0.717) is 11.3 Å². The molecule has 2 heterocycles. The van der Waals surface area contributed by atoms with E-state index >= 15 is 0 Å². The van der Waals surface area contributed by atoms with E-state index < -0.39 is 24.1 Å². The van der Waals surface area contributed by atoms with Crippen LogP contribution in [0.2, 0.25) is 0 Å². The maximum atomic E-state index is 13.4. The number of ether oxygens (including phenoxy) is 2. The Labute approximate surface area is 189 Å². The second-order valence-electron chi connectivity index (χ2n) is 7.33. The molecule has 0 aliphatic carbocycles. The van der Waals surface area contributed by atoms with E-state index in [2.05, 4.69) is 0 Å². The second-order valence-corrected chi connectivity index (χ2v) is 8.43. The van der Waals surface area contributed by atoms with E-state index in [9.17, 15) is 14.4 Å². The van der Waals surface area contributed by atoms with Crippen molar-refractivity contribution >= 4 is 29.6 Å². The highest BCUT2D eigenvalue weighted by atomic mass is 32.2. The zero-order chi connectivity index (χ0) is 22.7. The lowest BCUT2D eigenvalue weighted by Crippen LogP contribution is -2.68. The Morgan fingerprint density at radius 2 is 1.69 bits per heavy atom. The van der Waals surface area contributed by atoms with Gasteiger partial charge in [-0.1, -0.05) is 60.7 Å². The van der Waals surface area contributed by atoms with Crippen LogP contribution in [0.1, 0.15) is 24.2 Å². The molecule has 4 rings (SSSR count). The number of hydrogen-bond acceptors (Lipinski definition) is 7. The van der Waals surface area contributed by atoms with Crippen LogP contribution >= 0.6 is 11.8 Å². The first-order chi connectivity index (χ1) is 15.5. The Morgan fingerprint density at radius 1 is 1.09 bits per heavy atom. The smallest absolute Gasteiger partial charge is 0.356 e. The minimum absolute atomic E-state index is 0.126. The van der Waals surface area contributed by atoms with Crippen LogP contribution < -0.4 is 5.73 Å². The van der Waals surface area contributed by atoms with E-state index in [0.717, 1.165) is 11.1 Å². The summed E-state index contributed by atoms with van der Waals surface area (Å²) in [5.74, 6) is -1.05. The Balaban J connectivity index is 1.69. The van der Waals surface area contributed by atoms with E-state index in [4.69, 9.17) is 15.2 Å². The van der Waals surface area contributed by atoms with Gasteiger partial charge in [-0.25, -0.2) is 4.79 Å². The van der Waals surface area contributed by atoms with Crippen LogP contribution in [0.5, 0.6) is 0 Å². The predicted molar refractivity (Wildman–Crippen MR) is 120 cm³/mol. The Hall–Kier alpha value is -3.36. The van der Waals surface area contributed by atoms with Gasteiger partial charge in [0.2, 0.25) is 5.91 Å². The van der Waals surface area contributed by atoms with E-state index in [1.54, 1.807) is 0 Å². The third-order valence-electron chi connectivity index (χ3n) is 5.17. The van der Waals surface area contributed by atoms with E-state index in [1.165, 1.54) is 35.9 Å². The van der Waals surface area contributed by atoms with Gasteiger partial charge in [-0.2, -0.15) is 0 Å². The third-order valence-corrected chi connectivity index (χ3v) is 6.49. The highest BCUT2D eigenvalue weighted by Crippen LogP contribution is 2.41. The lowest BCUT2D eigenvalue weighted by Gasteiger charge is -2.48. The number of rotatable bonds is 6. The van der Waals surface area contributed by atoms with Gasteiger partial charge in [0.05, 0.1) is 6.26 Å². The molecule has 2 N–H and O–H groups in total. The van der Waals surface area contributed by atoms with Crippen LogP contribution in [-0.4, -0.2) is 39.9 Å². The average molecular weight is 451 g/mol. The first-order valence-electron chi connectivity index (χ1n) is 10.1. The van der Waals surface area contributed by atoms with Crippen molar-refractivity contribution in [3.05, 3.63) is 95.4 Å². The van der Waals surface area contributed by atoms with Crippen molar-refractivity contribution in [2.75, 3.05) is 5.75 Å². The van der Waals surface area contributed by atoms with Crippen molar-refractivity contribution in [1.29, 1.82) is 0 Å². The molecule has 1 saturated heterocycles. The van der Waals surface area contributed by atoms with E-state index in [-0.39, 0.29) is 17.0 Å². The van der Waals surface area contributed by atoms with Crippen molar-refractivity contribution in [3.8, 4) is 0 Å². The number of fused-ring (bicyclic) bond motifs is 1. The molecule has 1 amide bonds. The number of benzene rings is 2. The minimum Gasteiger partial charge on any atom is -0.448 e. The van der Waals surface area contributed by atoms with Crippen LogP contribution in [0.25, 0.3) is 0 Å². The summed E-state index contributed by atoms with van der Waals surface area (Å²) >= 11 is 1.45. The summed E-state index contributed by atoms with van der Waals surface area (Å²) in [6.45, 7) is 1.28. The second kappa shape index (κ2) is 9.42. The van der Waals surface area contributed by atoms with Crippen LogP contribution in [0.4, 0.5) is 0 Å². The van der Waals surface area contributed by atoms with Gasteiger partial charge in [-0.05, 0) is 22.8 Å². The molecule has 2 aromatic carbocycles. The van der Waals surface area contributed by atoms with Gasteiger partial charge in [-0.15, -0.1) is 11.8 Å². The third kappa shape index (κ3) is 4.32. The summed E-state index contributed by atoms with van der Waals surface area (Å²) in [7, 11) is 0. The lowest BCUT2D eigenvalue weighted by atomic mass is 10.0. The maximum Gasteiger partial charge on any atom is 0.356 e. The normalized spacial score (nSPS) is 20.2. The predicted octanol–water partition coefficient (Wildman–Crippen LogP) is 2.89. The van der Waals surface area contributed by atoms with Gasteiger partial charge in [0.1, 0.15) is 17.1 Å². The van der Waals surface area contributed by atoms with Gasteiger partial charge in [0.15, 0.2) is 6.10 Å². The number of carbonyl (C=O) groups is 3. The van der Waals surface area contributed by atoms with Gasteiger partial charge >= 0.3 is 11.9 Å². The van der Waals surface area contributed by atoms with Crippen molar-refractivity contribution < 1.29 is 23.9 Å². The molecule has 2 aromatic rings. The molecule has 0 spiro atoms. The standard InChI is InChI=1S/C24H22N2O5S/c1-15(27)30-13-12-18-14-32-23-19(25)22(28)26(23)20(18)24(29)31-21(16-8-4-2-5-9-16)17-10-6-3-7-11-17/h2-13,19,21,23H,14,25H2,1H3. The fourth-order valence-corrected chi connectivity index (χ4v) is 4.88. The number of carbonyl (C=O) groups excluding carboxylic acids is 3. The molecule has 7 nitrogen and oxygen atoms in total. The number of hydrogen-bond donors (Lipinski definition) is 1. The fraction of sp³-hybridized carbons (Fsp3) is 0.208. The largest absolute Gasteiger partial charge is 0.448 e. The summed E-state index contributed by atoms with van der Waals surface area (Å²) in [6, 6.07) is 18.1. The molecular formula is C24H22N2O5S. The van der Waals surface area contributed by atoms with Crippen LogP contribution in [0.3, 0.4) is 0 Å². The summed E-state index contributed by atoms with van der Waals surface area (Å²) < 4.78 is 10.9. The molecule has 0 bridgehead atoms. The first-order valence-corrected chi connectivity index (χ1v) is 11.1. The van der Waals surface area contributed by atoms with Gasteiger partial charge in [0, 0.05) is 12.7 Å². The van der Waals surface area contributed by atoms with Gasteiger partial charge in [0.25, 0.3) is 0 Å². The highest BCUT2D eigenvalue weighted by molar-refractivity contribution is 8.00. The summed E-state index contributed by atoms with van der Waals surface area (Å²) in [4.78, 5) is 38.4. The molecule has 1 fully saturated rings. The quantitative estimate of drug-likeness (QED) is 0.410. The first kappa shape index (κ1) is 21.9. The molecule has 2 aliphatic rings. The molecule has 0 aromatic heterocycles. The highest BCUT2D eigenvalue weighted by Gasteiger charge is 2.52. The van der Waals surface area contributed by atoms with Crippen molar-refractivity contribution in [2.24, 2.45) is 5.73 Å². The molecule has 164 valence electrons. The minimum atomic E-state index is -0.666. The molecule has 2 atom stereocenters. The summed E-state index contributed by atoms with van der Waals surface area (Å²) in [5.41, 5.74) is 8.19. The number of allylic oxidation sites excluding steroid dienone is 1. The molecule has 0 saturated carbocycles. The Bertz CT molecular complexity index is 1040. The van der Waals surface area contributed by atoms with Crippen molar-refractivity contribution in [1.82, 2.24) is 4.90 Å². The molecule has 32 heavy (non-hydrogen) atoms. The van der Waals surface area contributed by atoms with Gasteiger partial charge < -0.3 is 15.2 Å². The zero-order valence-corrected chi connectivity index (χ0v) is 18.2. The summed E-state index contributed by atoms with van der Waals surface area (Å²) in [6.07, 6.45) is 2.06. The Morgan fingerprint density at radius 3 is 2.25 bits per heavy atom. The zero-order valence-electron chi connectivity index (χ0n) is 17.3.